The van der Waals surface area contributed by atoms with Crippen LogP contribution in [0.15, 0.2) is 72.8 Å². The van der Waals surface area contributed by atoms with Crippen LogP contribution in [-0.2, 0) is 24.4 Å². The molecule has 0 spiro atoms. The third-order valence-electron chi connectivity index (χ3n) is 5.13. The lowest BCUT2D eigenvalue weighted by atomic mass is 10.1. The molecule has 1 saturated heterocycles. The molecular formula is C25H22FNO3S. The van der Waals surface area contributed by atoms with E-state index in [9.17, 15) is 14.0 Å². The van der Waals surface area contributed by atoms with Crippen LogP contribution in [0.25, 0.3) is 0 Å². The molecule has 2 amide bonds. The summed E-state index contributed by atoms with van der Waals surface area (Å²) in [5, 5.41) is -0.718. The normalized spacial score (nSPS) is 16.1. The number of halogens is 1. The number of hydrogen-bond acceptors (Lipinski definition) is 4. The minimum atomic E-state index is -0.452. The molecule has 1 fully saturated rings. The molecule has 0 bridgehead atoms. The molecule has 1 heterocycles. The Morgan fingerprint density at radius 2 is 1.48 bits per heavy atom. The van der Waals surface area contributed by atoms with Crippen LogP contribution in [0.1, 0.15) is 22.3 Å². The lowest BCUT2D eigenvalue weighted by Crippen LogP contribution is -2.31. The molecule has 4 nitrogen and oxygen atoms in total. The van der Waals surface area contributed by atoms with Crippen molar-refractivity contribution < 1.29 is 18.7 Å². The summed E-state index contributed by atoms with van der Waals surface area (Å²) in [6, 6.07) is 21.6. The van der Waals surface area contributed by atoms with Crippen LogP contribution in [-0.4, -0.2) is 21.3 Å². The van der Waals surface area contributed by atoms with Gasteiger partial charge in [-0.15, -0.1) is 0 Å². The van der Waals surface area contributed by atoms with Crippen molar-refractivity contribution in [2.45, 2.75) is 31.7 Å². The molecule has 0 unspecified atom stereocenters. The van der Waals surface area contributed by atoms with E-state index in [-0.39, 0.29) is 23.5 Å². The van der Waals surface area contributed by atoms with E-state index in [2.05, 4.69) is 12.1 Å². The van der Waals surface area contributed by atoms with E-state index < -0.39 is 5.25 Å². The predicted octanol–water partition coefficient (Wildman–Crippen LogP) is 5.52. The Morgan fingerprint density at radius 3 is 2.16 bits per heavy atom. The zero-order chi connectivity index (χ0) is 21.8. The smallest absolute Gasteiger partial charge is 0.289 e. The van der Waals surface area contributed by atoms with Crippen LogP contribution in [0.5, 0.6) is 5.75 Å². The molecule has 0 aromatic heterocycles. The Labute approximate surface area is 185 Å². The van der Waals surface area contributed by atoms with Crippen LogP contribution in [0.2, 0.25) is 0 Å². The predicted molar refractivity (Wildman–Crippen MR) is 119 cm³/mol. The van der Waals surface area contributed by atoms with E-state index in [1.165, 1.54) is 22.6 Å². The number of imide groups is 1. The zero-order valence-corrected chi connectivity index (χ0v) is 17.9. The van der Waals surface area contributed by atoms with Crippen molar-refractivity contribution in [3.8, 4) is 5.75 Å². The first-order valence-electron chi connectivity index (χ1n) is 10.0. The average molecular weight is 436 g/mol. The molecule has 3 aromatic carbocycles. The molecule has 3 aromatic rings. The van der Waals surface area contributed by atoms with Crippen molar-refractivity contribution in [1.82, 2.24) is 4.90 Å². The molecule has 0 N–H and O–H groups in total. The fourth-order valence-corrected chi connectivity index (χ4v) is 4.36. The number of aryl methyl sites for hydroxylation is 1. The van der Waals surface area contributed by atoms with Crippen LogP contribution in [0, 0.1) is 12.7 Å². The molecule has 1 atom stereocenters. The Bertz CT molecular complexity index is 1070. The third kappa shape index (κ3) is 5.33. The standard InChI is InChI=1S/C25H22FNO3S/c1-17-2-4-20(5-3-17)16-30-22-12-8-18(9-13-22)14-23-24(28)27(25(29)31-23)15-19-6-10-21(26)11-7-19/h2-13,23H,14-16H2,1H3/t23-/m0/s1. The molecule has 4 rings (SSSR count). The zero-order valence-electron chi connectivity index (χ0n) is 17.1. The number of thioether (sulfide) groups is 1. The fraction of sp³-hybridized carbons (Fsp3) is 0.200. The van der Waals surface area contributed by atoms with Gasteiger partial charge in [-0.25, -0.2) is 4.39 Å². The lowest BCUT2D eigenvalue weighted by Gasteiger charge is -2.14. The van der Waals surface area contributed by atoms with Gasteiger partial charge in [0.25, 0.3) is 5.24 Å². The van der Waals surface area contributed by atoms with Crippen molar-refractivity contribution in [3.05, 3.63) is 101 Å². The van der Waals surface area contributed by atoms with E-state index in [0.717, 1.165) is 34.2 Å². The summed E-state index contributed by atoms with van der Waals surface area (Å²) in [4.78, 5) is 26.3. The first-order chi connectivity index (χ1) is 15.0. The van der Waals surface area contributed by atoms with Crippen molar-refractivity contribution in [1.29, 1.82) is 0 Å². The van der Waals surface area contributed by atoms with Gasteiger partial charge >= 0.3 is 0 Å². The number of rotatable bonds is 7. The van der Waals surface area contributed by atoms with Crippen molar-refractivity contribution in [3.63, 3.8) is 0 Å². The monoisotopic (exact) mass is 435 g/mol. The van der Waals surface area contributed by atoms with Crippen molar-refractivity contribution in [2.24, 2.45) is 0 Å². The maximum Gasteiger partial charge on any atom is 0.289 e. The van der Waals surface area contributed by atoms with Gasteiger partial charge in [-0.05, 0) is 54.3 Å². The van der Waals surface area contributed by atoms with E-state index in [0.29, 0.717) is 13.0 Å². The van der Waals surface area contributed by atoms with Gasteiger partial charge in [0, 0.05) is 0 Å². The largest absolute Gasteiger partial charge is 0.489 e. The van der Waals surface area contributed by atoms with Gasteiger partial charge in [0.05, 0.1) is 11.8 Å². The summed E-state index contributed by atoms with van der Waals surface area (Å²) in [7, 11) is 0. The minimum Gasteiger partial charge on any atom is -0.489 e. The summed E-state index contributed by atoms with van der Waals surface area (Å²) in [5.74, 6) is 0.198. The van der Waals surface area contributed by atoms with Gasteiger partial charge in [0.1, 0.15) is 18.2 Å². The first kappa shape index (κ1) is 21.1. The van der Waals surface area contributed by atoms with E-state index in [4.69, 9.17) is 4.74 Å². The van der Waals surface area contributed by atoms with Crippen LogP contribution in [0.3, 0.4) is 0 Å². The first-order valence-corrected chi connectivity index (χ1v) is 10.9. The molecule has 1 aliphatic heterocycles. The van der Waals surface area contributed by atoms with E-state index >= 15 is 0 Å². The van der Waals surface area contributed by atoms with Gasteiger partial charge in [0.2, 0.25) is 5.91 Å². The number of nitrogens with zero attached hydrogens (tertiary/aromatic N) is 1. The molecule has 0 aliphatic carbocycles. The van der Waals surface area contributed by atoms with Gasteiger partial charge in [-0.2, -0.15) is 0 Å². The summed E-state index contributed by atoms with van der Waals surface area (Å²) in [6.07, 6.45) is 0.466. The highest BCUT2D eigenvalue weighted by molar-refractivity contribution is 8.15. The van der Waals surface area contributed by atoms with Crippen molar-refractivity contribution >= 4 is 22.9 Å². The SMILES string of the molecule is Cc1ccc(COc2ccc(C[C@@H]3SC(=O)N(Cc4ccc(F)cc4)C3=O)cc2)cc1. The van der Waals surface area contributed by atoms with Crippen LogP contribution >= 0.6 is 11.8 Å². The Balaban J connectivity index is 1.33. The molecule has 31 heavy (non-hydrogen) atoms. The highest BCUT2D eigenvalue weighted by Gasteiger charge is 2.39. The molecule has 158 valence electrons. The second-order valence-electron chi connectivity index (χ2n) is 7.55. The van der Waals surface area contributed by atoms with Gasteiger partial charge in [-0.3, -0.25) is 14.5 Å². The molecule has 0 radical (unpaired) electrons. The van der Waals surface area contributed by atoms with Gasteiger partial charge < -0.3 is 4.74 Å². The average Bonchev–Trinajstić information content (AvgIpc) is 3.03. The number of carbonyl (C=O) groups is 2. The highest BCUT2D eigenvalue weighted by atomic mass is 32.2. The summed E-state index contributed by atoms with van der Waals surface area (Å²) < 4.78 is 18.9. The Kier molecular flexibility index (Phi) is 6.37. The Morgan fingerprint density at radius 1 is 0.871 bits per heavy atom. The number of ether oxygens (including phenoxy) is 1. The third-order valence-corrected chi connectivity index (χ3v) is 6.20. The molecule has 1 aliphatic rings. The van der Waals surface area contributed by atoms with E-state index in [1.54, 1.807) is 12.1 Å². The number of amides is 2. The van der Waals surface area contributed by atoms with Crippen molar-refractivity contribution in [2.75, 3.05) is 0 Å². The Hall–Kier alpha value is -3.12. The number of carbonyl (C=O) groups excluding carboxylic acids is 2. The quantitative estimate of drug-likeness (QED) is 0.490. The maximum absolute atomic E-state index is 13.1. The van der Waals surface area contributed by atoms with E-state index in [1.807, 2.05) is 43.3 Å². The second kappa shape index (κ2) is 9.35. The lowest BCUT2D eigenvalue weighted by molar-refractivity contribution is -0.127. The van der Waals surface area contributed by atoms with Gasteiger partial charge in [0.15, 0.2) is 0 Å². The second-order valence-corrected chi connectivity index (χ2v) is 8.70. The highest BCUT2D eigenvalue weighted by Crippen LogP contribution is 2.31. The molecule has 6 heteroatoms. The summed E-state index contributed by atoms with van der Waals surface area (Å²) in [6.45, 7) is 2.70. The van der Waals surface area contributed by atoms with Crippen LogP contribution < -0.4 is 4.74 Å². The molecular weight excluding hydrogens is 413 g/mol. The minimum absolute atomic E-state index is 0.160. The number of hydrogen-bond donors (Lipinski definition) is 0. The van der Waals surface area contributed by atoms with Gasteiger partial charge in [-0.1, -0.05) is 65.9 Å². The topological polar surface area (TPSA) is 46.6 Å². The molecule has 0 saturated carbocycles. The summed E-state index contributed by atoms with van der Waals surface area (Å²) >= 11 is 1.04. The van der Waals surface area contributed by atoms with Crippen LogP contribution in [0.4, 0.5) is 9.18 Å². The number of benzene rings is 3. The summed E-state index contributed by atoms with van der Waals surface area (Å²) in [5.41, 5.74) is 3.99. The maximum atomic E-state index is 13.1. The fourth-order valence-electron chi connectivity index (χ4n) is 3.33.